The van der Waals surface area contributed by atoms with Gasteiger partial charge in [-0.05, 0) is 71.7 Å². The molecule has 1 fully saturated rings. The van der Waals surface area contributed by atoms with E-state index in [9.17, 15) is 4.79 Å². The molecule has 6 rings (SSSR count). The highest BCUT2D eigenvalue weighted by atomic mass is 16.5. The molecule has 1 atom stereocenters. The summed E-state index contributed by atoms with van der Waals surface area (Å²) in [5, 5.41) is 2.63. The third kappa shape index (κ3) is 4.69. The maximum atomic E-state index is 14.1. The number of ether oxygens (including phenoxy) is 1. The number of carbonyl (C=O) groups excluding carboxylic acids is 1. The van der Waals surface area contributed by atoms with E-state index in [1.165, 1.54) is 27.5 Å². The van der Waals surface area contributed by atoms with Crippen LogP contribution >= 0.6 is 0 Å². The summed E-state index contributed by atoms with van der Waals surface area (Å²) >= 11 is 0. The summed E-state index contributed by atoms with van der Waals surface area (Å²) in [5.41, 5.74) is 4.88. The Balaban J connectivity index is 1.25. The molecule has 1 saturated heterocycles. The number of fused-ring (bicyclic) bond motifs is 2. The van der Waals surface area contributed by atoms with Crippen LogP contribution in [0.15, 0.2) is 91.0 Å². The highest BCUT2D eigenvalue weighted by Gasteiger charge is 2.51. The maximum absolute atomic E-state index is 14.1. The molecule has 2 aliphatic rings. The summed E-state index contributed by atoms with van der Waals surface area (Å²) in [7, 11) is 1.70. The minimum absolute atomic E-state index is 0.0415. The lowest BCUT2D eigenvalue weighted by Crippen LogP contribution is -2.61. The number of rotatable bonds is 6. The van der Waals surface area contributed by atoms with Gasteiger partial charge < -0.3 is 4.74 Å². The van der Waals surface area contributed by atoms with Crippen LogP contribution in [0.2, 0.25) is 0 Å². The standard InChI is InChI=1S/C34H35NO2/c1-37-29-18-15-25(16-19-29)17-20-32-33(36)31-14-5-3-9-27(31)12-7-21-34(32)23-35(24-34)22-28-11-6-10-26-8-2-4-13-30(26)28/h2-6,8-11,13-16,18-19,32H,7,12,17,20-24H2,1H3. The Morgan fingerprint density at radius 2 is 1.65 bits per heavy atom. The van der Waals surface area contributed by atoms with Crippen molar-refractivity contribution in [2.24, 2.45) is 11.3 Å². The number of benzene rings is 4. The molecule has 4 aromatic carbocycles. The lowest BCUT2D eigenvalue weighted by Gasteiger charge is -2.55. The van der Waals surface area contributed by atoms with E-state index < -0.39 is 0 Å². The number of carbonyl (C=O) groups is 1. The van der Waals surface area contributed by atoms with Crippen molar-refractivity contribution >= 4 is 16.6 Å². The molecule has 1 aliphatic heterocycles. The summed E-state index contributed by atoms with van der Waals surface area (Å²) in [6.45, 7) is 2.94. The molecule has 0 amide bonds. The lowest BCUT2D eigenvalue weighted by atomic mass is 9.61. The van der Waals surface area contributed by atoms with Gasteiger partial charge in [-0.15, -0.1) is 0 Å². The molecule has 4 aromatic rings. The van der Waals surface area contributed by atoms with E-state index in [4.69, 9.17) is 4.74 Å². The molecule has 0 N–H and O–H groups in total. The second-order valence-corrected chi connectivity index (χ2v) is 11.0. The summed E-state index contributed by atoms with van der Waals surface area (Å²) in [5.74, 6) is 1.27. The summed E-state index contributed by atoms with van der Waals surface area (Å²) in [6, 6.07) is 31.9. The van der Waals surface area contributed by atoms with Gasteiger partial charge in [0, 0.05) is 36.5 Å². The third-order valence-electron chi connectivity index (χ3n) is 8.69. The lowest BCUT2D eigenvalue weighted by molar-refractivity contribution is -0.0528. The first-order chi connectivity index (χ1) is 18.1. The Labute approximate surface area is 220 Å². The smallest absolute Gasteiger partial charge is 0.166 e. The molecular weight excluding hydrogens is 454 g/mol. The van der Waals surface area contributed by atoms with Crippen molar-refractivity contribution in [2.45, 2.75) is 38.6 Å². The fraction of sp³-hybridized carbons (Fsp3) is 0.324. The van der Waals surface area contributed by atoms with Crippen LogP contribution in [0.25, 0.3) is 10.8 Å². The van der Waals surface area contributed by atoms with Crippen LogP contribution in [0.1, 0.15) is 46.3 Å². The van der Waals surface area contributed by atoms with Gasteiger partial charge >= 0.3 is 0 Å². The summed E-state index contributed by atoms with van der Waals surface area (Å²) in [4.78, 5) is 16.7. The molecule has 0 saturated carbocycles. The molecule has 0 bridgehead atoms. The number of hydrogen-bond donors (Lipinski definition) is 0. The molecule has 1 unspecified atom stereocenters. The van der Waals surface area contributed by atoms with Crippen molar-refractivity contribution in [1.29, 1.82) is 0 Å². The van der Waals surface area contributed by atoms with Crippen LogP contribution in [0, 0.1) is 11.3 Å². The Hall–Kier alpha value is -3.43. The van der Waals surface area contributed by atoms with Gasteiger partial charge in [-0.25, -0.2) is 0 Å². The summed E-state index contributed by atoms with van der Waals surface area (Å²) in [6.07, 6.45) is 5.06. The zero-order valence-corrected chi connectivity index (χ0v) is 21.7. The second kappa shape index (κ2) is 10.1. The normalized spacial score (nSPS) is 19.2. The number of aryl methyl sites for hydroxylation is 2. The fourth-order valence-corrected chi connectivity index (χ4v) is 6.80. The van der Waals surface area contributed by atoms with Crippen LogP contribution in [0.5, 0.6) is 5.75 Å². The van der Waals surface area contributed by atoms with Crippen LogP contribution < -0.4 is 4.74 Å². The van der Waals surface area contributed by atoms with Gasteiger partial charge in [-0.3, -0.25) is 9.69 Å². The number of Topliss-reactive ketones (excluding diaryl/α,β-unsaturated/α-hetero) is 1. The van der Waals surface area contributed by atoms with E-state index in [0.717, 1.165) is 63.1 Å². The van der Waals surface area contributed by atoms with Crippen LogP contribution in [0.3, 0.4) is 0 Å². The largest absolute Gasteiger partial charge is 0.497 e. The molecule has 1 heterocycles. The monoisotopic (exact) mass is 489 g/mol. The minimum atomic E-state index is 0.0415. The van der Waals surface area contributed by atoms with Gasteiger partial charge in [0.2, 0.25) is 0 Å². The highest BCUT2D eigenvalue weighted by Crippen LogP contribution is 2.48. The van der Waals surface area contributed by atoms with Gasteiger partial charge in [0.15, 0.2) is 5.78 Å². The molecule has 1 spiro atoms. The molecule has 188 valence electrons. The number of hydrogen-bond acceptors (Lipinski definition) is 3. The summed E-state index contributed by atoms with van der Waals surface area (Å²) < 4.78 is 5.34. The van der Waals surface area contributed by atoms with Crippen molar-refractivity contribution in [3.8, 4) is 5.75 Å². The predicted molar refractivity (Wildman–Crippen MR) is 150 cm³/mol. The van der Waals surface area contributed by atoms with E-state index in [1.807, 2.05) is 18.2 Å². The van der Waals surface area contributed by atoms with Crippen LogP contribution in [-0.2, 0) is 19.4 Å². The zero-order chi connectivity index (χ0) is 25.2. The highest BCUT2D eigenvalue weighted by molar-refractivity contribution is 6.00. The van der Waals surface area contributed by atoms with Crippen molar-refractivity contribution < 1.29 is 9.53 Å². The van der Waals surface area contributed by atoms with E-state index in [0.29, 0.717) is 5.78 Å². The number of likely N-dealkylation sites (tertiary alicyclic amines) is 1. The quantitative estimate of drug-likeness (QED) is 0.289. The van der Waals surface area contributed by atoms with Gasteiger partial charge in [-0.1, -0.05) is 78.9 Å². The molecule has 37 heavy (non-hydrogen) atoms. The maximum Gasteiger partial charge on any atom is 0.166 e. The first-order valence-electron chi connectivity index (χ1n) is 13.6. The Kier molecular flexibility index (Phi) is 6.56. The van der Waals surface area contributed by atoms with Gasteiger partial charge in [0.05, 0.1) is 7.11 Å². The SMILES string of the molecule is COc1ccc(CCC2C(=O)c3ccccc3CCCC23CN(Cc2cccc4ccccc24)C3)cc1. The molecule has 3 heteroatoms. The molecular formula is C34H35NO2. The molecule has 0 radical (unpaired) electrons. The molecule has 0 aromatic heterocycles. The molecule has 3 nitrogen and oxygen atoms in total. The number of ketones is 1. The van der Waals surface area contributed by atoms with Crippen molar-refractivity contribution in [3.63, 3.8) is 0 Å². The van der Waals surface area contributed by atoms with Crippen molar-refractivity contribution in [1.82, 2.24) is 4.90 Å². The number of nitrogens with zero attached hydrogens (tertiary/aromatic N) is 1. The predicted octanol–water partition coefficient (Wildman–Crippen LogP) is 7.12. The van der Waals surface area contributed by atoms with Crippen LogP contribution in [0.4, 0.5) is 0 Å². The fourth-order valence-electron chi connectivity index (χ4n) is 6.80. The Morgan fingerprint density at radius 3 is 2.49 bits per heavy atom. The minimum Gasteiger partial charge on any atom is -0.497 e. The molecule has 1 aliphatic carbocycles. The first-order valence-corrected chi connectivity index (χ1v) is 13.6. The van der Waals surface area contributed by atoms with Gasteiger partial charge in [0.1, 0.15) is 5.75 Å². The van der Waals surface area contributed by atoms with E-state index >= 15 is 0 Å². The Bertz CT molecular complexity index is 1400. The Morgan fingerprint density at radius 1 is 0.892 bits per heavy atom. The average Bonchev–Trinajstić information content (AvgIpc) is 2.92. The van der Waals surface area contributed by atoms with E-state index in [1.54, 1.807) is 7.11 Å². The third-order valence-corrected chi connectivity index (χ3v) is 8.69. The van der Waals surface area contributed by atoms with E-state index in [-0.39, 0.29) is 11.3 Å². The topological polar surface area (TPSA) is 29.5 Å². The number of methoxy groups -OCH3 is 1. The van der Waals surface area contributed by atoms with Gasteiger partial charge in [-0.2, -0.15) is 0 Å². The average molecular weight is 490 g/mol. The van der Waals surface area contributed by atoms with E-state index in [2.05, 4.69) is 77.7 Å². The van der Waals surface area contributed by atoms with Crippen molar-refractivity contribution in [3.05, 3.63) is 113 Å². The van der Waals surface area contributed by atoms with Crippen LogP contribution in [-0.4, -0.2) is 30.9 Å². The van der Waals surface area contributed by atoms with Gasteiger partial charge in [0.25, 0.3) is 0 Å². The van der Waals surface area contributed by atoms with Crippen molar-refractivity contribution in [2.75, 3.05) is 20.2 Å². The first kappa shape index (κ1) is 23.9. The second-order valence-electron chi connectivity index (χ2n) is 11.0. The zero-order valence-electron chi connectivity index (χ0n) is 21.7.